The van der Waals surface area contributed by atoms with E-state index in [1.54, 1.807) is 30.5 Å². The highest BCUT2D eigenvalue weighted by molar-refractivity contribution is 5.86. The third-order valence-corrected chi connectivity index (χ3v) is 5.11. The molecule has 0 unspecified atom stereocenters. The van der Waals surface area contributed by atoms with Gasteiger partial charge in [-0.05, 0) is 73.4 Å². The van der Waals surface area contributed by atoms with Gasteiger partial charge in [0.25, 0.3) is 0 Å². The fraction of sp³-hybridized carbons (Fsp3) is 0.208. The standard InChI is InChI=1S/C14H8F3N.C10H13NO3/c15-10-3-1-8(2-4-10)13-6-9-5-11(16)7-12(17)14(9)18-13;12-10(14-8-3-1-4-8)11-7-9-5-2-6-13-9/h1-7,18H;2,5-6,8H,1,3-4,7H2,(H,11,12). The number of hydrogen-bond donors (Lipinski definition) is 2. The lowest BCUT2D eigenvalue weighted by Crippen LogP contribution is -2.31. The first-order valence-electron chi connectivity index (χ1n) is 10.2. The number of fused-ring (bicyclic) bond motifs is 1. The van der Waals surface area contributed by atoms with E-state index >= 15 is 0 Å². The lowest BCUT2D eigenvalue weighted by molar-refractivity contribution is 0.0518. The molecule has 0 radical (unpaired) electrons. The number of benzene rings is 2. The maximum atomic E-state index is 13.5. The van der Waals surface area contributed by atoms with Gasteiger partial charge >= 0.3 is 6.09 Å². The summed E-state index contributed by atoms with van der Waals surface area (Å²) in [5, 5.41) is 3.08. The molecule has 32 heavy (non-hydrogen) atoms. The number of H-pyrrole nitrogens is 1. The van der Waals surface area contributed by atoms with Crippen molar-refractivity contribution >= 4 is 17.0 Å². The van der Waals surface area contributed by atoms with E-state index in [1.165, 1.54) is 18.2 Å². The van der Waals surface area contributed by atoms with Gasteiger partial charge in [0.2, 0.25) is 0 Å². The van der Waals surface area contributed by atoms with Gasteiger partial charge in [-0.15, -0.1) is 0 Å². The van der Waals surface area contributed by atoms with Crippen molar-refractivity contribution in [2.24, 2.45) is 0 Å². The minimum Gasteiger partial charge on any atom is -0.467 e. The fourth-order valence-electron chi connectivity index (χ4n) is 3.20. The normalized spacial score (nSPS) is 13.2. The molecule has 5 nitrogen and oxygen atoms in total. The van der Waals surface area contributed by atoms with Crippen LogP contribution in [0.25, 0.3) is 22.2 Å². The zero-order valence-corrected chi connectivity index (χ0v) is 17.0. The van der Waals surface area contributed by atoms with Crippen LogP contribution in [0.4, 0.5) is 18.0 Å². The summed E-state index contributed by atoms with van der Waals surface area (Å²) in [5.41, 5.74) is 1.58. The quantitative estimate of drug-likeness (QED) is 0.389. The van der Waals surface area contributed by atoms with E-state index in [4.69, 9.17) is 9.15 Å². The smallest absolute Gasteiger partial charge is 0.407 e. The molecule has 166 valence electrons. The number of aromatic amines is 1. The molecule has 1 aliphatic rings. The summed E-state index contributed by atoms with van der Waals surface area (Å²) in [7, 11) is 0. The molecular formula is C24H21F3N2O3. The van der Waals surface area contributed by atoms with Gasteiger partial charge in [0.05, 0.1) is 18.3 Å². The van der Waals surface area contributed by atoms with Gasteiger partial charge in [0, 0.05) is 17.1 Å². The Bertz CT molecular complexity index is 1180. The van der Waals surface area contributed by atoms with Gasteiger partial charge in [-0.1, -0.05) is 0 Å². The Labute approximate surface area is 182 Å². The molecule has 1 saturated carbocycles. The Morgan fingerprint density at radius 2 is 1.84 bits per heavy atom. The number of rotatable bonds is 4. The molecule has 0 aliphatic heterocycles. The number of ether oxygens (including phenoxy) is 1. The Morgan fingerprint density at radius 1 is 1.06 bits per heavy atom. The molecule has 5 rings (SSSR count). The monoisotopic (exact) mass is 442 g/mol. The highest BCUT2D eigenvalue weighted by atomic mass is 19.1. The predicted molar refractivity (Wildman–Crippen MR) is 113 cm³/mol. The first-order valence-corrected chi connectivity index (χ1v) is 10.2. The van der Waals surface area contributed by atoms with Crippen molar-refractivity contribution in [2.45, 2.75) is 31.9 Å². The molecule has 0 bridgehead atoms. The van der Waals surface area contributed by atoms with Crippen LogP contribution in [-0.4, -0.2) is 17.2 Å². The van der Waals surface area contributed by atoms with E-state index in [1.807, 2.05) is 6.07 Å². The first-order chi connectivity index (χ1) is 15.5. The van der Waals surface area contributed by atoms with Crippen molar-refractivity contribution in [1.82, 2.24) is 10.3 Å². The van der Waals surface area contributed by atoms with Crippen LogP contribution in [0, 0.1) is 17.5 Å². The van der Waals surface area contributed by atoms with E-state index in [9.17, 15) is 18.0 Å². The summed E-state index contributed by atoms with van der Waals surface area (Å²) in [4.78, 5) is 14.0. The topological polar surface area (TPSA) is 67.3 Å². The molecule has 2 N–H and O–H groups in total. The first kappa shape index (κ1) is 21.5. The molecule has 2 aromatic carbocycles. The molecule has 1 aliphatic carbocycles. The van der Waals surface area contributed by atoms with Crippen molar-refractivity contribution < 1.29 is 27.1 Å². The number of carbonyl (C=O) groups excluding carboxylic acids is 1. The van der Waals surface area contributed by atoms with Gasteiger partial charge in [-0.2, -0.15) is 0 Å². The fourth-order valence-corrected chi connectivity index (χ4v) is 3.20. The number of halogens is 3. The van der Waals surface area contributed by atoms with Crippen LogP contribution in [0.3, 0.4) is 0 Å². The molecule has 0 saturated heterocycles. The second-order valence-corrected chi connectivity index (χ2v) is 7.43. The van der Waals surface area contributed by atoms with Gasteiger partial charge in [-0.3, -0.25) is 0 Å². The van der Waals surface area contributed by atoms with E-state index in [0.29, 0.717) is 23.2 Å². The van der Waals surface area contributed by atoms with Crippen molar-refractivity contribution in [1.29, 1.82) is 0 Å². The van der Waals surface area contributed by atoms with Crippen LogP contribution in [0.5, 0.6) is 0 Å². The molecule has 2 heterocycles. The van der Waals surface area contributed by atoms with Gasteiger partial charge in [0.15, 0.2) is 0 Å². The molecule has 1 fully saturated rings. The third kappa shape index (κ3) is 5.32. The van der Waals surface area contributed by atoms with E-state index in [0.717, 1.165) is 31.1 Å². The number of furan rings is 1. The minimum atomic E-state index is -0.640. The summed E-state index contributed by atoms with van der Waals surface area (Å²) >= 11 is 0. The highest BCUT2D eigenvalue weighted by Crippen LogP contribution is 2.26. The molecule has 0 spiro atoms. The van der Waals surface area contributed by atoms with Crippen molar-refractivity contribution in [3.8, 4) is 11.3 Å². The lowest BCUT2D eigenvalue weighted by atomic mass is 9.96. The Hall–Kier alpha value is -3.68. The van der Waals surface area contributed by atoms with Crippen LogP contribution >= 0.6 is 0 Å². The Morgan fingerprint density at radius 3 is 2.50 bits per heavy atom. The lowest BCUT2D eigenvalue weighted by Gasteiger charge is -2.24. The molecule has 4 aromatic rings. The average Bonchev–Trinajstić information content (AvgIpc) is 3.40. The van der Waals surface area contributed by atoms with E-state index < -0.39 is 11.6 Å². The maximum Gasteiger partial charge on any atom is 0.407 e. The summed E-state index contributed by atoms with van der Waals surface area (Å²) in [5.74, 6) is -0.870. The van der Waals surface area contributed by atoms with Crippen LogP contribution in [0.2, 0.25) is 0 Å². The SMILES string of the molecule is Fc1ccc(-c2cc3cc(F)cc(F)c3[nH]2)cc1.O=C(NCc1ccco1)OC1CCC1. The largest absolute Gasteiger partial charge is 0.467 e. The van der Waals surface area contributed by atoms with Gasteiger partial charge in [-0.25, -0.2) is 18.0 Å². The molecule has 0 atom stereocenters. The van der Waals surface area contributed by atoms with Crippen LogP contribution in [0.1, 0.15) is 25.0 Å². The molecular weight excluding hydrogens is 421 g/mol. The van der Waals surface area contributed by atoms with E-state index in [2.05, 4.69) is 10.3 Å². The van der Waals surface area contributed by atoms with Gasteiger partial charge in [0.1, 0.15) is 29.3 Å². The number of nitrogens with one attached hydrogen (secondary N) is 2. The van der Waals surface area contributed by atoms with Crippen LogP contribution in [-0.2, 0) is 11.3 Å². The third-order valence-electron chi connectivity index (χ3n) is 5.11. The summed E-state index contributed by atoms with van der Waals surface area (Å²) in [6.45, 7) is 0.387. The predicted octanol–water partition coefficient (Wildman–Crippen LogP) is 6.31. The number of hydrogen-bond acceptors (Lipinski definition) is 3. The van der Waals surface area contributed by atoms with E-state index in [-0.39, 0.29) is 23.5 Å². The number of carbonyl (C=O) groups is 1. The highest BCUT2D eigenvalue weighted by Gasteiger charge is 2.21. The zero-order chi connectivity index (χ0) is 22.5. The molecule has 8 heteroatoms. The van der Waals surface area contributed by atoms with Crippen LogP contribution in [0.15, 0.2) is 65.3 Å². The van der Waals surface area contributed by atoms with Crippen molar-refractivity contribution in [3.05, 3.63) is 84.1 Å². The number of aromatic nitrogens is 1. The summed E-state index contributed by atoms with van der Waals surface area (Å²) in [6.07, 6.45) is 4.50. The van der Waals surface area contributed by atoms with Gasteiger partial charge < -0.3 is 19.5 Å². The summed E-state index contributed by atoms with van der Waals surface area (Å²) < 4.78 is 49.5. The molecule has 1 amide bonds. The van der Waals surface area contributed by atoms with Crippen LogP contribution < -0.4 is 5.32 Å². The second kappa shape index (κ2) is 9.64. The Balaban J connectivity index is 0.000000158. The summed E-state index contributed by atoms with van der Waals surface area (Å²) in [6, 6.07) is 13.1. The van der Waals surface area contributed by atoms with Crippen molar-refractivity contribution in [3.63, 3.8) is 0 Å². The van der Waals surface area contributed by atoms with Crippen molar-refractivity contribution in [2.75, 3.05) is 0 Å². The number of amides is 1. The minimum absolute atomic E-state index is 0.131. The maximum absolute atomic E-state index is 13.5. The average molecular weight is 442 g/mol. The molecule has 2 aromatic heterocycles. The Kier molecular flexibility index (Phi) is 6.49. The zero-order valence-electron chi connectivity index (χ0n) is 17.0. The number of alkyl carbamates (subject to hydrolysis) is 1. The second-order valence-electron chi connectivity index (χ2n) is 7.43.